The van der Waals surface area contributed by atoms with E-state index in [1.165, 1.54) is 0 Å². The maximum absolute atomic E-state index is 10.6. The maximum Gasteiger partial charge on any atom is 0.347 e. The fraction of sp³-hybridized carbons (Fsp3) is 0.750. The number of rotatable bonds is 8. The number of carboxylic acids is 2. The van der Waals surface area contributed by atoms with Gasteiger partial charge in [-0.3, -0.25) is 4.79 Å². The SMILES string of the molecule is CCOCCSC(O)(CC(=O)O)C(=O)O. The van der Waals surface area contributed by atoms with E-state index in [-0.39, 0.29) is 12.4 Å². The first kappa shape index (κ1) is 14.2. The Labute approximate surface area is 91.2 Å². The highest BCUT2D eigenvalue weighted by molar-refractivity contribution is 8.01. The standard InChI is InChI=1S/C8H14O6S/c1-2-14-3-4-15-8(13,7(11)12)5-6(9)10/h13H,2-5H2,1H3,(H,9,10)(H,11,12). The molecule has 0 saturated carbocycles. The predicted molar refractivity (Wildman–Crippen MR) is 53.8 cm³/mol. The Kier molecular flexibility index (Phi) is 6.30. The Bertz CT molecular complexity index is 231. The molecule has 15 heavy (non-hydrogen) atoms. The van der Waals surface area contributed by atoms with Gasteiger partial charge in [0.25, 0.3) is 0 Å². The van der Waals surface area contributed by atoms with Crippen LogP contribution in [-0.4, -0.2) is 51.2 Å². The van der Waals surface area contributed by atoms with E-state index < -0.39 is 23.3 Å². The van der Waals surface area contributed by atoms with Gasteiger partial charge in [-0.25, -0.2) is 4.79 Å². The van der Waals surface area contributed by atoms with Crippen molar-refractivity contribution >= 4 is 23.7 Å². The lowest BCUT2D eigenvalue weighted by atomic mass is 10.2. The Morgan fingerprint density at radius 3 is 2.40 bits per heavy atom. The second-order valence-electron chi connectivity index (χ2n) is 2.71. The molecule has 6 nitrogen and oxygen atoms in total. The van der Waals surface area contributed by atoms with Crippen LogP contribution in [0, 0.1) is 0 Å². The van der Waals surface area contributed by atoms with Gasteiger partial charge in [0.05, 0.1) is 13.0 Å². The third-order valence-corrected chi connectivity index (χ3v) is 2.66. The van der Waals surface area contributed by atoms with E-state index in [1.54, 1.807) is 6.92 Å². The van der Waals surface area contributed by atoms with Crippen molar-refractivity contribution < 1.29 is 29.6 Å². The van der Waals surface area contributed by atoms with Gasteiger partial charge >= 0.3 is 11.9 Å². The van der Waals surface area contributed by atoms with E-state index in [4.69, 9.17) is 14.9 Å². The van der Waals surface area contributed by atoms with Crippen molar-refractivity contribution in [3.63, 3.8) is 0 Å². The minimum Gasteiger partial charge on any atom is -0.481 e. The smallest absolute Gasteiger partial charge is 0.347 e. The van der Waals surface area contributed by atoms with Crippen molar-refractivity contribution in [3.8, 4) is 0 Å². The van der Waals surface area contributed by atoms with Crippen LogP contribution in [0.15, 0.2) is 0 Å². The Hall–Kier alpha value is -0.790. The third-order valence-electron chi connectivity index (χ3n) is 1.50. The Morgan fingerprint density at radius 1 is 1.40 bits per heavy atom. The molecule has 0 rings (SSSR count). The monoisotopic (exact) mass is 238 g/mol. The molecule has 0 aromatic carbocycles. The van der Waals surface area contributed by atoms with Crippen LogP contribution in [0.25, 0.3) is 0 Å². The quantitative estimate of drug-likeness (QED) is 0.404. The first-order valence-electron chi connectivity index (χ1n) is 4.31. The lowest BCUT2D eigenvalue weighted by Crippen LogP contribution is -2.38. The molecule has 3 N–H and O–H groups in total. The molecule has 0 heterocycles. The van der Waals surface area contributed by atoms with Crippen LogP contribution in [-0.2, 0) is 14.3 Å². The summed E-state index contributed by atoms with van der Waals surface area (Å²) in [7, 11) is 0. The van der Waals surface area contributed by atoms with Gasteiger partial charge in [-0.1, -0.05) is 0 Å². The summed E-state index contributed by atoms with van der Waals surface area (Å²) in [5.41, 5.74) is 0. The number of hydrogen-bond acceptors (Lipinski definition) is 5. The average molecular weight is 238 g/mol. The fourth-order valence-electron chi connectivity index (χ4n) is 0.807. The Morgan fingerprint density at radius 2 is 2.00 bits per heavy atom. The molecule has 1 atom stereocenters. The van der Waals surface area contributed by atoms with Crippen molar-refractivity contribution in [1.29, 1.82) is 0 Å². The molecule has 0 aliphatic heterocycles. The molecule has 0 aliphatic rings. The van der Waals surface area contributed by atoms with Crippen LogP contribution in [0.1, 0.15) is 13.3 Å². The Balaban J connectivity index is 4.14. The summed E-state index contributed by atoms with van der Waals surface area (Å²) >= 11 is 0.650. The lowest BCUT2D eigenvalue weighted by Gasteiger charge is -2.20. The van der Waals surface area contributed by atoms with Gasteiger partial charge in [0.15, 0.2) is 0 Å². The van der Waals surface area contributed by atoms with E-state index in [1.807, 2.05) is 0 Å². The van der Waals surface area contributed by atoms with Crippen LogP contribution in [0.2, 0.25) is 0 Å². The van der Waals surface area contributed by atoms with Gasteiger partial charge < -0.3 is 20.1 Å². The van der Waals surface area contributed by atoms with E-state index >= 15 is 0 Å². The van der Waals surface area contributed by atoms with Crippen molar-refractivity contribution in [2.45, 2.75) is 18.3 Å². The normalized spacial score (nSPS) is 14.5. The van der Waals surface area contributed by atoms with Crippen LogP contribution in [0.3, 0.4) is 0 Å². The third kappa shape index (κ3) is 5.60. The molecule has 0 fully saturated rings. The summed E-state index contributed by atoms with van der Waals surface area (Å²) in [6.45, 7) is 2.55. The zero-order valence-electron chi connectivity index (χ0n) is 8.30. The zero-order chi connectivity index (χ0) is 11.9. The number of hydrogen-bond donors (Lipinski definition) is 3. The summed E-state index contributed by atoms with van der Waals surface area (Å²) in [6, 6.07) is 0. The molecular formula is C8H14O6S. The van der Waals surface area contributed by atoms with Gasteiger partial charge in [0.1, 0.15) is 0 Å². The van der Waals surface area contributed by atoms with Crippen LogP contribution < -0.4 is 0 Å². The highest BCUT2D eigenvalue weighted by atomic mass is 32.2. The molecule has 0 spiro atoms. The largest absolute Gasteiger partial charge is 0.481 e. The first-order chi connectivity index (χ1) is 6.92. The fourth-order valence-corrected chi connectivity index (χ4v) is 1.70. The summed E-state index contributed by atoms with van der Waals surface area (Å²) in [5, 5.41) is 26.6. The maximum atomic E-state index is 10.6. The second kappa shape index (κ2) is 6.65. The highest BCUT2D eigenvalue weighted by Gasteiger charge is 2.39. The molecule has 7 heteroatoms. The summed E-state index contributed by atoms with van der Waals surface area (Å²) < 4.78 is 4.94. The summed E-state index contributed by atoms with van der Waals surface area (Å²) in [6.07, 6.45) is -0.834. The van der Waals surface area contributed by atoms with E-state index in [0.717, 1.165) is 0 Å². The van der Waals surface area contributed by atoms with Gasteiger partial charge in [-0.15, -0.1) is 11.8 Å². The highest BCUT2D eigenvalue weighted by Crippen LogP contribution is 2.26. The molecule has 0 saturated heterocycles. The van der Waals surface area contributed by atoms with Crippen molar-refractivity contribution in [3.05, 3.63) is 0 Å². The van der Waals surface area contributed by atoms with Gasteiger partial charge in [0.2, 0.25) is 4.93 Å². The van der Waals surface area contributed by atoms with Crippen LogP contribution in [0.5, 0.6) is 0 Å². The number of ether oxygens (including phenoxy) is 1. The van der Waals surface area contributed by atoms with E-state index in [0.29, 0.717) is 18.4 Å². The minimum absolute atomic E-state index is 0.226. The number of carboxylic acid groups (broad SMARTS) is 2. The van der Waals surface area contributed by atoms with Crippen molar-refractivity contribution in [2.24, 2.45) is 0 Å². The number of aliphatic carboxylic acids is 2. The molecule has 0 amide bonds. The molecule has 0 aliphatic carbocycles. The van der Waals surface area contributed by atoms with Crippen LogP contribution >= 0.6 is 11.8 Å². The molecular weight excluding hydrogens is 224 g/mol. The number of carbonyl (C=O) groups is 2. The second-order valence-corrected chi connectivity index (χ2v) is 4.08. The van der Waals surface area contributed by atoms with Gasteiger partial charge in [-0.2, -0.15) is 0 Å². The minimum atomic E-state index is -2.27. The molecule has 88 valence electrons. The number of aliphatic hydroxyl groups is 1. The van der Waals surface area contributed by atoms with Gasteiger partial charge in [0, 0.05) is 12.4 Å². The summed E-state index contributed by atoms with van der Waals surface area (Å²) in [4.78, 5) is 18.7. The predicted octanol–water partition coefficient (Wildman–Crippen LogP) is 0.00400. The van der Waals surface area contributed by atoms with Crippen LogP contribution in [0.4, 0.5) is 0 Å². The average Bonchev–Trinajstić information content (AvgIpc) is 2.11. The first-order valence-corrected chi connectivity index (χ1v) is 5.30. The van der Waals surface area contributed by atoms with Gasteiger partial charge in [-0.05, 0) is 6.92 Å². The molecule has 0 aromatic heterocycles. The topological polar surface area (TPSA) is 104 Å². The summed E-state index contributed by atoms with van der Waals surface area (Å²) in [5.74, 6) is -2.68. The zero-order valence-corrected chi connectivity index (χ0v) is 9.12. The van der Waals surface area contributed by atoms with Crippen molar-refractivity contribution in [2.75, 3.05) is 19.0 Å². The molecule has 0 bridgehead atoms. The molecule has 0 aromatic rings. The van der Waals surface area contributed by atoms with E-state index in [2.05, 4.69) is 0 Å². The number of thioether (sulfide) groups is 1. The molecule has 1 unspecified atom stereocenters. The molecule has 0 radical (unpaired) electrons. The lowest BCUT2D eigenvalue weighted by molar-refractivity contribution is -0.155. The van der Waals surface area contributed by atoms with Crippen molar-refractivity contribution in [1.82, 2.24) is 0 Å². The van der Waals surface area contributed by atoms with E-state index in [9.17, 15) is 14.7 Å².